The van der Waals surface area contributed by atoms with E-state index in [-0.39, 0.29) is 24.0 Å². The van der Waals surface area contributed by atoms with Gasteiger partial charge in [-0.15, -0.1) is 5.10 Å². The summed E-state index contributed by atoms with van der Waals surface area (Å²) in [5.74, 6) is -0.225. The lowest BCUT2D eigenvalue weighted by Gasteiger charge is -2.32. The first-order valence-corrected chi connectivity index (χ1v) is 13.9. The number of nitrogens with zero attached hydrogens (tertiary/aromatic N) is 4. The van der Waals surface area contributed by atoms with Gasteiger partial charge >= 0.3 is 5.63 Å². The molecule has 1 aliphatic heterocycles. The minimum atomic E-state index is -0.692. The van der Waals surface area contributed by atoms with Crippen molar-refractivity contribution >= 4 is 16.9 Å². The molecule has 1 saturated heterocycles. The van der Waals surface area contributed by atoms with Crippen molar-refractivity contribution in [2.24, 2.45) is 0 Å². The Morgan fingerprint density at radius 1 is 0.976 bits per heavy atom. The zero-order chi connectivity index (χ0) is 28.9. The van der Waals surface area contributed by atoms with E-state index in [0.29, 0.717) is 29.0 Å². The van der Waals surface area contributed by atoms with Crippen LogP contribution in [-0.4, -0.2) is 44.9 Å². The average molecular weight is 568 g/mol. The molecule has 1 aliphatic rings. The molecule has 0 unspecified atom stereocenters. The fourth-order valence-corrected chi connectivity index (χ4v) is 5.10. The maximum absolute atomic E-state index is 13.1. The normalized spacial score (nSPS) is 14.2. The number of carbonyl (C=O) groups is 1. The number of carbonyl (C=O) groups excluding carboxylic acids is 1. The third kappa shape index (κ3) is 6.72. The molecule has 2 aromatic heterocycles. The van der Waals surface area contributed by atoms with Crippen LogP contribution in [0.2, 0.25) is 0 Å². The number of halogens is 1. The van der Waals surface area contributed by atoms with Gasteiger partial charge in [-0.1, -0.05) is 47.7 Å². The number of fused-ring (bicyclic) bond motifs is 1. The molecule has 42 heavy (non-hydrogen) atoms. The van der Waals surface area contributed by atoms with Gasteiger partial charge in [-0.25, -0.2) is 13.9 Å². The van der Waals surface area contributed by atoms with E-state index in [4.69, 9.17) is 9.15 Å². The SMILES string of the molecule is O=C(NC1CCN(Cc2ccccc2)CC1)c1cc2ccc(OCc3cn(Cc4ccc(F)cc4)nn3)cc2oc1=O. The van der Waals surface area contributed by atoms with Crippen LogP contribution in [-0.2, 0) is 19.7 Å². The summed E-state index contributed by atoms with van der Waals surface area (Å²) in [6.45, 7) is 3.25. The van der Waals surface area contributed by atoms with Gasteiger partial charge in [0.1, 0.15) is 35.0 Å². The molecule has 214 valence electrons. The van der Waals surface area contributed by atoms with Crippen LogP contribution < -0.4 is 15.7 Å². The van der Waals surface area contributed by atoms with Crippen LogP contribution in [0.3, 0.4) is 0 Å². The Hall–Kier alpha value is -4.83. The monoisotopic (exact) mass is 567 g/mol. The number of nitrogens with one attached hydrogen (secondary N) is 1. The van der Waals surface area contributed by atoms with Crippen molar-refractivity contribution in [3.05, 3.63) is 124 Å². The average Bonchev–Trinajstić information content (AvgIpc) is 3.45. The lowest BCUT2D eigenvalue weighted by atomic mass is 10.0. The maximum Gasteiger partial charge on any atom is 0.349 e. The number of likely N-dealkylation sites (tertiary alicyclic amines) is 1. The van der Waals surface area contributed by atoms with Gasteiger partial charge in [0.05, 0.1) is 12.7 Å². The van der Waals surface area contributed by atoms with Gasteiger partial charge in [0.2, 0.25) is 0 Å². The van der Waals surface area contributed by atoms with Gasteiger partial charge in [-0.2, -0.15) is 0 Å². The Morgan fingerprint density at radius 3 is 2.52 bits per heavy atom. The third-order valence-corrected chi connectivity index (χ3v) is 7.35. The standard InChI is InChI=1S/C32H30FN5O4/c33-25-9-6-23(7-10-25)19-38-20-27(35-36-38)21-41-28-11-8-24-16-29(32(40)42-30(24)17-28)31(39)34-26-12-14-37(15-13-26)18-22-4-2-1-3-5-22/h1-11,16-17,20,26H,12-15,18-19,21H2,(H,34,39). The number of hydrogen-bond donors (Lipinski definition) is 1. The van der Waals surface area contributed by atoms with Crippen LogP contribution in [0.4, 0.5) is 4.39 Å². The quantitative estimate of drug-likeness (QED) is 0.261. The van der Waals surface area contributed by atoms with Crippen molar-refractivity contribution in [3.8, 4) is 5.75 Å². The maximum atomic E-state index is 13.1. The van der Waals surface area contributed by atoms with E-state index >= 15 is 0 Å². The Labute approximate surface area is 241 Å². The van der Waals surface area contributed by atoms with Crippen molar-refractivity contribution in [1.82, 2.24) is 25.2 Å². The van der Waals surface area contributed by atoms with Gasteiger partial charge in [0.15, 0.2) is 0 Å². The fraction of sp³-hybridized carbons (Fsp3) is 0.250. The second kappa shape index (κ2) is 12.4. The summed E-state index contributed by atoms with van der Waals surface area (Å²) < 4.78 is 26.1. The number of benzene rings is 3. The van der Waals surface area contributed by atoms with E-state index in [2.05, 4.69) is 32.7 Å². The number of rotatable bonds is 9. The summed E-state index contributed by atoms with van der Waals surface area (Å²) in [6, 6.07) is 23.2. The Kier molecular flexibility index (Phi) is 8.05. The lowest BCUT2D eigenvalue weighted by molar-refractivity contribution is 0.0905. The first kappa shape index (κ1) is 27.3. The first-order chi connectivity index (χ1) is 20.5. The Balaban J connectivity index is 1.03. The van der Waals surface area contributed by atoms with Crippen molar-refractivity contribution in [2.45, 2.75) is 38.6 Å². The lowest BCUT2D eigenvalue weighted by Crippen LogP contribution is -2.45. The summed E-state index contributed by atoms with van der Waals surface area (Å²) >= 11 is 0. The first-order valence-electron chi connectivity index (χ1n) is 13.9. The summed E-state index contributed by atoms with van der Waals surface area (Å²) in [6.07, 6.45) is 3.39. The predicted molar refractivity (Wildman–Crippen MR) is 155 cm³/mol. The molecule has 1 amide bonds. The van der Waals surface area contributed by atoms with E-state index in [1.807, 2.05) is 18.2 Å². The van der Waals surface area contributed by atoms with Gasteiger partial charge in [0, 0.05) is 37.1 Å². The van der Waals surface area contributed by atoms with E-state index in [0.717, 1.165) is 38.0 Å². The van der Waals surface area contributed by atoms with Gasteiger partial charge in [-0.3, -0.25) is 9.69 Å². The van der Waals surface area contributed by atoms with Crippen LogP contribution in [0.5, 0.6) is 5.75 Å². The Bertz CT molecular complexity index is 1730. The number of hydrogen-bond acceptors (Lipinski definition) is 7. The number of ether oxygens (including phenoxy) is 1. The molecule has 5 aromatic rings. The molecule has 3 aromatic carbocycles. The molecular weight excluding hydrogens is 537 g/mol. The molecule has 0 radical (unpaired) electrons. The minimum absolute atomic E-state index is 0.00375. The third-order valence-electron chi connectivity index (χ3n) is 7.35. The molecule has 1 fully saturated rings. The van der Waals surface area contributed by atoms with Gasteiger partial charge < -0.3 is 14.5 Å². The van der Waals surface area contributed by atoms with E-state index in [1.54, 1.807) is 47.3 Å². The molecule has 10 heteroatoms. The second-order valence-electron chi connectivity index (χ2n) is 10.5. The molecule has 1 N–H and O–H groups in total. The predicted octanol–water partition coefficient (Wildman–Crippen LogP) is 4.55. The Morgan fingerprint density at radius 2 is 1.74 bits per heavy atom. The second-order valence-corrected chi connectivity index (χ2v) is 10.5. The van der Waals surface area contributed by atoms with Crippen LogP contribution in [0, 0.1) is 5.82 Å². The van der Waals surface area contributed by atoms with Gasteiger partial charge in [0.25, 0.3) is 5.91 Å². The van der Waals surface area contributed by atoms with Gasteiger partial charge in [-0.05, 0) is 54.3 Å². The minimum Gasteiger partial charge on any atom is -0.487 e. The molecule has 0 spiro atoms. The zero-order valence-electron chi connectivity index (χ0n) is 22.9. The highest BCUT2D eigenvalue weighted by Gasteiger charge is 2.23. The van der Waals surface area contributed by atoms with Crippen LogP contribution >= 0.6 is 0 Å². The largest absolute Gasteiger partial charge is 0.487 e. The molecule has 0 aliphatic carbocycles. The highest BCUT2D eigenvalue weighted by atomic mass is 19.1. The fourth-order valence-electron chi connectivity index (χ4n) is 5.10. The summed E-state index contributed by atoms with van der Waals surface area (Å²) in [5, 5.41) is 11.8. The van der Waals surface area contributed by atoms with Crippen molar-refractivity contribution in [1.29, 1.82) is 0 Å². The zero-order valence-corrected chi connectivity index (χ0v) is 22.9. The highest BCUT2D eigenvalue weighted by Crippen LogP contribution is 2.22. The number of amides is 1. The topological polar surface area (TPSA) is 102 Å². The number of piperidine rings is 1. The van der Waals surface area contributed by atoms with E-state index in [9.17, 15) is 14.0 Å². The van der Waals surface area contributed by atoms with Crippen molar-refractivity contribution in [3.63, 3.8) is 0 Å². The van der Waals surface area contributed by atoms with Crippen molar-refractivity contribution < 1.29 is 18.3 Å². The number of aromatic nitrogens is 3. The van der Waals surface area contributed by atoms with Crippen molar-refractivity contribution in [2.75, 3.05) is 13.1 Å². The summed E-state index contributed by atoms with van der Waals surface area (Å²) in [4.78, 5) is 28.1. The van der Waals surface area contributed by atoms with E-state index < -0.39 is 11.5 Å². The van der Waals surface area contributed by atoms with Crippen LogP contribution in [0.15, 0.2) is 94.3 Å². The molecule has 3 heterocycles. The summed E-state index contributed by atoms with van der Waals surface area (Å²) in [7, 11) is 0. The highest BCUT2D eigenvalue weighted by molar-refractivity contribution is 5.96. The molecular formula is C32H30FN5O4. The smallest absolute Gasteiger partial charge is 0.349 e. The molecule has 0 atom stereocenters. The summed E-state index contributed by atoms with van der Waals surface area (Å²) in [5.41, 5.74) is 2.40. The molecule has 0 bridgehead atoms. The molecule has 9 nitrogen and oxygen atoms in total. The molecule has 0 saturated carbocycles. The van der Waals surface area contributed by atoms with Crippen LogP contribution in [0.25, 0.3) is 11.0 Å². The van der Waals surface area contributed by atoms with E-state index in [1.165, 1.54) is 17.7 Å². The van der Waals surface area contributed by atoms with Crippen LogP contribution in [0.1, 0.15) is 40.0 Å². The molecule has 6 rings (SSSR count).